The van der Waals surface area contributed by atoms with Crippen molar-refractivity contribution in [2.24, 2.45) is 5.92 Å². The van der Waals surface area contributed by atoms with Crippen LogP contribution in [0.2, 0.25) is 0 Å². The normalized spacial score (nSPS) is 16.4. The maximum absolute atomic E-state index is 12.5. The molecule has 3 heteroatoms. The number of benzene rings is 1. The fourth-order valence-corrected chi connectivity index (χ4v) is 1.43. The molecule has 1 aromatic rings. The van der Waals surface area contributed by atoms with E-state index in [-0.39, 0.29) is 5.82 Å². The minimum absolute atomic E-state index is 0.222. The molecule has 0 aliphatic carbocycles. The summed E-state index contributed by atoms with van der Waals surface area (Å²) in [4.78, 5) is 0. The molecule has 1 aromatic carbocycles. The van der Waals surface area contributed by atoms with Crippen molar-refractivity contribution >= 4 is 0 Å². The summed E-state index contributed by atoms with van der Waals surface area (Å²) < 4.78 is 18.0. The van der Waals surface area contributed by atoms with E-state index in [1.165, 1.54) is 12.1 Å². The molecule has 1 heterocycles. The first-order valence-electron chi connectivity index (χ1n) is 4.94. The van der Waals surface area contributed by atoms with Crippen LogP contribution in [0.5, 0.6) is 5.75 Å². The highest BCUT2D eigenvalue weighted by Crippen LogP contribution is 2.13. The van der Waals surface area contributed by atoms with Gasteiger partial charge >= 0.3 is 0 Å². The first-order valence-corrected chi connectivity index (χ1v) is 4.94. The lowest BCUT2D eigenvalue weighted by molar-refractivity contribution is 0.238. The zero-order valence-corrected chi connectivity index (χ0v) is 8.00. The largest absolute Gasteiger partial charge is 0.494 e. The van der Waals surface area contributed by atoms with Gasteiger partial charge in [-0.05, 0) is 49.7 Å². The van der Waals surface area contributed by atoms with Crippen LogP contribution >= 0.6 is 0 Å². The Morgan fingerprint density at radius 2 is 2.00 bits per heavy atom. The molecule has 0 aromatic heterocycles. The van der Waals surface area contributed by atoms with E-state index in [4.69, 9.17) is 4.74 Å². The number of hydrogen-bond acceptors (Lipinski definition) is 2. The third-order valence-electron chi connectivity index (χ3n) is 2.47. The maximum atomic E-state index is 12.5. The van der Waals surface area contributed by atoms with Crippen molar-refractivity contribution in [2.75, 3.05) is 19.7 Å². The van der Waals surface area contributed by atoms with E-state index in [0.717, 1.165) is 37.8 Å². The van der Waals surface area contributed by atoms with Gasteiger partial charge in [0.2, 0.25) is 0 Å². The van der Waals surface area contributed by atoms with Crippen molar-refractivity contribution < 1.29 is 9.13 Å². The molecule has 0 amide bonds. The van der Waals surface area contributed by atoms with Crippen molar-refractivity contribution in [1.82, 2.24) is 5.32 Å². The van der Waals surface area contributed by atoms with Crippen molar-refractivity contribution in [2.45, 2.75) is 6.42 Å². The molecule has 0 unspecified atom stereocenters. The van der Waals surface area contributed by atoms with Crippen LogP contribution in [0.4, 0.5) is 4.39 Å². The van der Waals surface area contributed by atoms with E-state index in [1.54, 1.807) is 12.1 Å². The second kappa shape index (κ2) is 4.42. The van der Waals surface area contributed by atoms with E-state index >= 15 is 0 Å². The van der Waals surface area contributed by atoms with Gasteiger partial charge < -0.3 is 10.1 Å². The van der Waals surface area contributed by atoms with E-state index < -0.39 is 0 Å². The molecule has 14 heavy (non-hydrogen) atoms. The zero-order valence-electron chi connectivity index (χ0n) is 8.00. The fourth-order valence-electron chi connectivity index (χ4n) is 1.43. The van der Waals surface area contributed by atoms with Gasteiger partial charge in [0.15, 0.2) is 0 Å². The van der Waals surface area contributed by atoms with Gasteiger partial charge in [0.05, 0.1) is 6.61 Å². The van der Waals surface area contributed by atoms with Gasteiger partial charge in [0, 0.05) is 0 Å². The lowest BCUT2D eigenvalue weighted by Crippen LogP contribution is -2.42. The van der Waals surface area contributed by atoms with Crippen LogP contribution in [0.15, 0.2) is 24.3 Å². The summed E-state index contributed by atoms with van der Waals surface area (Å²) in [5, 5.41) is 3.21. The number of halogens is 1. The lowest BCUT2D eigenvalue weighted by atomic mass is 10.0. The SMILES string of the molecule is Fc1ccc(OCCC2CNC2)cc1. The molecule has 0 saturated carbocycles. The Hall–Kier alpha value is -1.09. The summed E-state index contributed by atoms with van der Waals surface area (Å²) in [6, 6.07) is 6.16. The van der Waals surface area contributed by atoms with Crippen LogP contribution in [-0.4, -0.2) is 19.7 Å². The van der Waals surface area contributed by atoms with E-state index in [1.807, 2.05) is 0 Å². The highest BCUT2D eigenvalue weighted by Gasteiger charge is 2.15. The first kappa shape index (κ1) is 9.46. The highest BCUT2D eigenvalue weighted by molar-refractivity contribution is 5.21. The quantitative estimate of drug-likeness (QED) is 0.791. The third-order valence-corrected chi connectivity index (χ3v) is 2.47. The summed E-state index contributed by atoms with van der Waals surface area (Å²) in [7, 11) is 0. The Bertz CT molecular complexity index is 282. The molecule has 1 saturated heterocycles. The first-order chi connectivity index (χ1) is 6.84. The Balaban J connectivity index is 1.71. The lowest BCUT2D eigenvalue weighted by Gasteiger charge is -2.26. The summed E-state index contributed by atoms with van der Waals surface area (Å²) >= 11 is 0. The minimum atomic E-state index is -0.222. The molecule has 2 rings (SSSR count). The summed E-state index contributed by atoms with van der Waals surface area (Å²) in [6.45, 7) is 2.93. The van der Waals surface area contributed by atoms with Gasteiger partial charge in [-0.15, -0.1) is 0 Å². The third kappa shape index (κ3) is 2.45. The number of hydrogen-bond donors (Lipinski definition) is 1. The van der Waals surface area contributed by atoms with E-state index in [2.05, 4.69) is 5.32 Å². The van der Waals surface area contributed by atoms with Crippen LogP contribution in [0.25, 0.3) is 0 Å². The average Bonchev–Trinajstić information content (AvgIpc) is 2.12. The van der Waals surface area contributed by atoms with E-state index in [0.29, 0.717) is 0 Å². The second-order valence-electron chi connectivity index (χ2n) is 3.62. The molecular formula is C11H14FNO. The maximum Gasteiger partial charge on any atom is 0.123 e. The molecule has 0 bridgehead atoms. The molecular weight excluding hydrogens is 181 g/mol. The van der Waals surface area contributed by atoms with Crippen LogP contribution in [-0.2, 0) is 0 Å². The van der Waals surface area contributed by atoms with Gasteiger partial charge in [-0.1, -0.05) is 0 Å². The molecule has 0 spiro atoms. The van der Waals surface area contributed by atoms with Gasteiger partial charge in [-0.3, -0.25) is 0 Å². The van der Waals surface area contributed by atoms with Crippen LogP contribution in [0, 0.1) is 11.7 Å². The number of rotatable bonds is 4. The molecule has 0 radical (unpaired) electrons. The van der Waals surface area contributed by atoms with Gasteiger partial charge in [0.25, 0.3) is 0 Å². The molecule has 76 valence electrons. The smallest absolute Gasteiger partial charge is 0.123 e. The summed E-state index contributed by atoms with van der Waals surface area (Å²) in [6.07, 6.45) is 1.07. The van der Waals surface area contributed by atoms with Gasteiger partial charge in [-0.25, -0.2) is 4.39 Å². The van der Waals surface area contributed by atoms with Crippen molar-refractivity contribution in [3.05, 3.63) is 30.1 Å². The Morgan fingerprint density at radius 1 is 1.29 bits per heavy atom. The molecule has 2 nitrogen and oxygen atoms in total. The zero-order chi connectivity index (χ0) is 9.80. The van der Waals surface area contributed by atoms with Crippen molar-refractivity contribution in [3.8, 4) is 5.75 Å². The van der Waals surface area contributed by atoms with Crippen molar-refractivity contribution in [1.29, 1.82) is 0 Å². The Labute approximate surface area is 83.1 Å². The molecule has 1 aliphatic rings. The summed E-state index contributed by atoms with van der Waals surface area (Å²) in [5.41, 5.74) is 0. The van der Waals surface area contributed by atoms with Gasteiger partial charge in [-0.2, -0.15) is 0 Å². The second-order valence-corrected chi connectivity index (χ2v) is 3.62. The topological polar surface area (TPSA) is 21.3 Å². The van der Waals surface area contributed by atoms with Crippen LogP contribution < -0.4 is 10.1 Å². The molecule has 0 atom stereocenters. The molecule has 1 fully saturated rings. The minimum Gasteiger partial charge on any atom is -0.494 e. The highest BCUT2D eigenvalue weighted by atomic mass is 19.1. The van der Waals surface area contributed by atoms with E-state index in [9.17, 15) is 4.39 Å². The fraction of sp³-hybridized carbons (Fsp3) is 0.455. The number of nitrogens with one attached hydrogen (secondary N) is 1. The van der Waals surface area contributed by atoms with Crippen molar-refractivity contribution in [3.63, 3.8) is 0 Å². The molecule has 1 aliphatic heterocycles. The van der Waals surface area contributed by atoms with Gasteiger partial charge in [0.1, 0.15) is 11.6 Å². The van der Waals surface area contributed by atoms with Crippen LogP contribution in [0.3, 0.4) is 0 Å². The number of ether oxygens (including phenoxy) is 1. The van der Waals surface area contributed by atoms with Crippen LogP contribution in [0.1, 0.15) is 6.42 Å². The molecule has 1 N–H and O–H groups in total. The Morgan fingerprint density at radius 3 is 2.57 bits per heavy atom. The standard InChI is InChI=1S/C11H14FNO/c12-10-1-3-11(4-2-10)14-6-5-9-7-13-8-9/h1-4,9,13H,5-8H2. The monoisotopic (exact) mass is 195 g/mol. The average molecular weight is 195 g/mol. The predicted molar refractivity (Wildman–Crippen MR) is 52.9 cm³/mol. The predicted octanol–water partition coefficient (Wildman–Crippen LogP) is 1.81. The Kier molecular flexibility index (Phi) is 2.99. The summed E-state index contributed by atoms with van der Waals surface area (Å²) in [5.74, 6) is 1.29.